The zero-order chi connectivity index (χ0) is 26.2. The standard InChI is InChI=1S/C26H37N3O5S/c1-19(2)27-26(31)21(4)28(18-22-12-8-7-11-20(22)3)25(30)15-10-16-29(35(6,32)33)23-13-9-14-24(17-23)34-5/h7-9,11-14,17,19,21H,10,15-16,18H2,1-6H3,(H,27,31)/t21-/m1/s1. The van der Waals surface area contributed by atoms with E-state index in [2.05, 4.69) is 5.32 Å². The fourth-order valence-corrected chi connectivity index (χ4v) is 4.69. The van der Waals surface area contributed by atoms with Crippen molar-refractivity contribution in [3.8, 4) is 5.75 Å². The molecule has 0 aliphatic carbocycles. The Morgan fingerprint density at radius 3 is 2.34 bits per heavy atom. The van der Waals surface area contributed by atoms with Crippen molar-refractivity contribution in [3.63, 3.8) is 0 Å². The fraction of sp³-hybridized carbons (Fsp3) is 0.462. The molecule has 0 fully saturated rings. The van der Waals surface area contributed by atoms with Crippen molar-refractivity contribution in [1.29, 1.82) is 0 Å². The number of carbonyl (C=O) groups excluding carboxylic acids is 2. The summed E-state index contributed by atoms with van der Waals surface area (Å²) in [4.78, 5) is 27.6. The summed E-state index contributed by atoms with van der Waals surface area (Å²) in [7, 11) is -2.05. The van der Waals surface area contributed by atoms with Crippen molar-refractivity contribution in [2.45, 2.75) is 59.2 Å². The minimum Gasteiger partial charge on any atom is -0.497 e. The lowest BCUT2D eigenvalue weighted by atomic mass is 10.1. The molecule has 0 bridgehead atoms. The molecule has 0 heterocycles. The summed E-state index contributed by atoms with van der Waals surface area (Å²) in [5.74, 6) is 0.108. The van der Waals surface area contributed by atoms with Crippen LogP contribution in [0.5, 0.6) is 5.75 Å². The first-order valence-electron chi connectivity index (χ1n) is 11.7. The van der Waals surface area contributed by atoms with Crippen LogP contribution in [0.4, 0.5) is 5.69 Å². The lowest BCUT2D eigenvalue weighted by molar-refractivity contribution is -0.140. The SMILES string of the molecule is COc1cccc(N(CCCC(=O)N(Cc2ccccc2C)[C@H](C)C(=O)NC(C)C)S(C)(=O)=O)c1. The van der Waals surface area contributed by atoms with E-state index in [1.54, 1.807) is 36.1 Å². The molecule has 0 aliphatic heterocycles. The van der Waals surface area contributed by atoms with Gasteiger partial charge in [-0.25, -0.2) is 8.42 Å². The smallest absolute Gasteiger partial charge is 0.242 e. The van der Waals surface area contributed by atoms with Crippen LogP contribution in [0, 0.1) is 6.92 Å². The first kappa shape index (κ1) is 28.2. The average molecular weight is 504 g/mol. The lowest BCUT2D eigenvalue weighted by Gasteiger charge is -2.30. The number of hydrogen-bond acceptors (Lipinski definition) is 5. The molecule has 0 saturated heterocycles. The molecule has 0 aliphatic rings. The molecular formula is C26H37N3O5S. The van der Waals surface area contributed by atoms with Crippen molar-refractivity contribution in [3.05, 3.63) is 59.7 Å². The van der Waals surface area contributed by atoms with Crippen molar-refractivity contribution in [2.24, 2.45) is 0 Å². The highest BCUT2D eigenvalue weighted by Gasteiger charge is 2.27. The molecule has 192 valence electrons. The van der Waals surface area contributed by atoms with E-state index in [0.717, 1.165) is 17.4 Å². The summed E-state index contributed by atoms with van der Waals surface area (Å²) < 4.78 is 31.4. The van der Waals surface area contributed by atoms with Crippen LogP contribution in [0.2, 0.25) is 0 Å². The Labute approximate surface area is 209 Å². The Balaban J connectivity index is 2.19. The van der Waals surface area contributed by atoms with Gasteiger partial charge in [0.25, 0.3) is 0 Å². The van der Waals surface area contributed by atoms with Crippen LogP contribution in [0.15, 0.2) is 48.5 Å². The summed E-state index contributed by atoms with van der Waals surface area (Å²) in [6.45, 7) is 7.85. The number of hydrogen-bond donors (Lipinski definition) is 1. The van der Waals surface area contributed by atoms with Gasteiger partial charge in [0, 0.05) is 31.6 Å². The quantitative estimate of drug-likeness (QED) is 0.478. The van der Waals surface area contributed by atoms with E-state index in [1.807, 2.05) is 45.0 Å². The van der Waals surface area contributed by atoms with E-state index in [0.29, 0.717) is 24.4 Å². The van der Waals surface area contributed by atoms with E-state index in [-0.39, 0.29) is 30.8 Å². The van der Waals surface area contributed by atoms with E-state index in [1.165, 1.54) is 11.4 Å². The second-order valence-corrected chi connectivity index (χ2v) is 10.8. The predicted octanol–water partition coefficient (Wildman–Crippen LogP) is 3.49. The Hall–Kier alpha value is -3.07. The molecule has 2 amide bonds. The number of amides is 2. The van der Waals surface area contributed by atoms with Gasteiger partial charge in [-0.05, 0) is 57.4 Å². The largest absolute Gasteiger partial charge is 0.497 e. The number of benzene rings is 2. The van der Waals surface area contributed by atoms with Gasteiger partial charge in [0.2, 0.25) is 21.8 Å². The van der Waals surface area contributed by atoms with Crippen LogP contribution in [-0.2, 0) is 26.2 Å². The summed E-state index contributed by atoms with van der Waals surface area (Å²) in [6, 6.07) is 13.8. The molecule has 0 radical (unpaired) electrons. The van der Waals surface area contributed by atoms with Gasteiger partial charge >= 0.3 is 0 Å². The Morgan fingerprint density at radius 2 is 1.74 bits per heavy atom. The summed E-state index contributed by atoms with van der Waals surface area (Å²) >= 11 is 0. The molecule has 0 saturated carbocycles. The van der Waals surface area contributed by atoms with Gasteiger partial charge in [-0.3, -0.25) is 13.9 Å². The topological polar surface area (TPSA) is 96.0 Å². The van der Waals surface area contributed by atoms with Gasteiger partial charge < -0.3 is 15.0 Å². The molecule has 9 heteroatoms. The van der Waals surface area contributed by atoms with Crippen LogP contribution < -0.4 is 14.4 Å². The second kappa shape index (κ2) is 12.6. The number of rotatable bonds is 12. The number of ether oxygens (including phenoxy) is 1. The van der Waals surface area contributed by atoms with E-state index in [4.69, 9.17) is 4.74 Å². The Kier molecular flexibility index (Phi) is 10.1. The van der Waals surface area contributed by atoms with Crippen LogP contribution in [-0.4, -0.2) is 57.1 Å². The Bertz CT molecular complexity index is 1120. The van der Waals surface area contributed by atoms with Gasteiger partial charge in [0.05, 0.1) is 19.1 Å². The highest BCUT2D eigenvalue weighted by Crippen LogP contribution is 2.24. The van der Waals surface area contributed by atoms with Gasteiger partial charge in [-0.1, -0.05) is 30.3 Å². The van der Waals surface area contributed by atoms with Crippen molar-refractivity contribution in [2.75, 3.05) is 24.2 Å². The van der Waals surface area contributed by atoms with E-state index >= 15 is 0 Å². The Morgan fingerprint density at radius 1 is 1.06 bits per heavy atom. The predicted molar refractivity (Wildman–Crippen MR) is 139 cm³/mol. The van der Waals surface area contributed by atoms with Crippen molar-refractivity contribution >= 4 is 27.5 Å². The summed E-state index contributed by atoms with van der Waals surface area (Å²) in [5.41, 5.74) is 2.46. The normalized spacial score (nSPS) is 12.2. The van der Waals surface area contributed by atoms with Gasteiger partial charge in [-0.15, -0.1) is 0 Å². The summed E-state index contributed by atoms with van der Waals surface area (Å²) in [5, 5.41) is 2.87. The third kappa shape index (κ3) is 8.28. The molecule has 2 aromatic rings. The van der Waals surface area contributed by atoms with Crippen LogP contribution >= 0.6 is 0 Å². The highest BCUT2D eigenvalue weighted by atomic mass is 32.2. The zero-order valence-corrected chi connectivity index (χ0v) is 22.3. The van der Waals surface area contributed by atoms with Gasteiger partial charge in [-0.2, -0.15) is 0 Å². The highest BCUT2D eigenvalue weighted by molar-refractivity contribution is 7.92. The van der Waals surface area contributed by atoms with Crippen LogP contribution in [0.3, 0.4) is 0 Å². The third-order valence-electron chi connectivity index (χ3n) is 5.69. The van der Waals surface area contributed by atoms with Crippen molar-refractivity contribution < 1.29 is 22.7 Å². The third-order valence-corrected chi connectivity index (χ3v) is 6.89. The van der Waals surface area contributed by atoms with Gasteiger partial charge in [0.15, 0.2) is 0 Å². The second-order valence-electron chi connectivity index (χ2n) is 8.93. The maximum atomic E-state index is 13.3. The number of nitrogens with one attached hydrogen (secondary N) is 1. The molecular weight excluding hydrogens is 466 g/mol. The zero-order valence-electron chi connectivity index (χ0n) is 21.4. The number of nitrogens with zero attached hydrogens (tertiary/aromatic N) is 2. The molecule has 35 heavy (non-hydrogen) atoms. The molecule has 1 N–H and O–H groups in total. The molecule has 1 atom stereocenters. The molecule has 0 spiro atoms. The van der Waals surface area contributed by atoms with Crippen molar-refractivity contribution in [1.82, 2.24) is 10.2 Å². The number of methoxy groups -OCH3 is 1. The monoisotopic (exact) mass is 503 g/mol. The number of aryl methyl sites for hydroxylation is 1. The molecule has 8 nitrogen and oxygen atoms in total. The first-order chi connectivity index (χ1) is 16.4. The minimum atomic E-state index is -3.57. The molecule has 0 unspecified atom stereocenters. The lowest BCUT2D eigenvalue weighted by Crippen LogP contribution is -2.49. The first-order valence-corrected chi connectivity index (χ1v) is 13.5. The fourth-order valence-electron chi connectivity index (χ4n) is 3.73. The number of sulfonamides is 1. The molecule has 0 aromatic heterocycles. The van der Waals surface area contributed by atoms with E-state index < -0.39 is 16.1 Å². The average Bonchev–Trinajstić information content (AvgIpc) is 2.79. The van der Waals surface area contributed by atoms with E-state index in [9.17, 15) is 18.0 Å². The summed E-state index contributed by atoms with van der Waals surface area (Å²) in [6.07, 6.45) is 1.53. The van der Waals surface area contributed by atoms with Gasteiger partial charge in [0.1, 0.15) is 11.8 Å². The molecule has 2 aromatic carbocycles. The maximum Gasteiger partial charge on any atom is 0.242 e. The number of anilines is 1. The van der Waals surface area contributed by atoms with Crippen LogP contribution in [0.1, 0.15) is 44.7 Å². The minimum absolute atomic E-state index is 0.0495. The van der Waals surface area contributed by atoms with Crippen LogP contribution in [0.25, 0.3) is 0 Å². The maximum absolute atomic E-state index is 13.3. The number of carbonyl (C=O) groups is 2. The molecule has 2 rings (SSSR count).